The number of benzene rings is 1. The Hall–Kier alpha value is -3.17. The average Bonchev–Trinajstić information content (AvgIpc) is 3.47. The standard InChI is InChI=1S/C23H24N2O5S2/c1-3-30-23(28)20-18(15-6-8-17(29-2)9-7-15)14-32-22(20)25-19(26)5-4-11-24-21(27)16-10-12-31-13-16/h6-10,12-14H,3-5,11H2,1-2H3,(H,24,27)(H,25,26). The second kappa shape index (κ2) is 11.4. The molecule has 0 bridgehead atoms. The first-order chi connectivity index (χ1) is 15.5. The van der Waals surface area contributed by atoms with Gasteiger partial charge in [-0.05, 0) is 42.5 Å². The van der Waals surface area contributed by atoms with Gasteiger partial charge in [0.05, 0.1) is 13.7 Å². The van der Waals surface area contributed by atoms with E-state index in [4.69, 9.17) is 9.47 Å². The Balaban J connectivity index is 1.64. The maximum absolute atomic E-state index is 12.6. The van der Waals surface area contributed by atoms with Gasteiger partial charge in [0.25, 0.3) is 5.91 Å². The third-order valence-corrected chi connectivity index (χ3v) is 6.15. The molecule has 0 saturated heterocycles. The number of nitrogens with one attached hydrogen (secondary N) is 2. The molecular formula is C23H24N2O5S2. The lowest BCUT2D eigenvalue weighted by Gasteiger charge is -2.09. The Morgan fingerprint density at radius 2 is 1.84 bits per heavy atom. The van der Waals surface area contributed by atoms with Gasteiger partial charge in [-0.25, -0.2) is 4.79 Å². The van der Waals surface area contributed by atoms with Crippen molar-refractivity contribution in [2.24, 2.45) is 0 Å². The highest BCUT2D eigenvalue weighted by molar-refractivity contribution is 7.15. The molecule has 3 rings (SSSR count). The number of methoxy groups -OCH3 is 1. The van der Waals surface area contributed by atoms with Crippen LogP contribution in [0, 0.1) is 0 Å². The molecule has 7 nitrogen and oxygen atoms in total. The van der Waals surface area contributed by atoms with E-state index in [0.717, 1.165) is 5.56 Å². The molecule has 168 valence electrons. The monoisotopic (exact) mass is 472 g/mol. The molecule has 0 fully saturated rings. The molecule has 3 aromatic rings. The van der Waals surface area contributed by atoms with Gasteiger partial charge in [0.15, 0.2) is 0 Å². The van der Waals surface area contributed by atoms with Crippen molar-refractivity contribution in [3.05, 3.63) is 57.6 Å². The van der Waals surface area contributed by atoms with Gasteiger partial charge in [-0.15, -0.1) is 11.3 Å². The summed E-state index contributed by atoms with van der Waals surface area (Å²) < 4.78 is 10.4. The van der Waals surface area contributed by atoms with Gasteiger partial charge in [0.1, 0.15) is 16.3 Å². The first kappa shape index (κ1) is 23.5. The Kier molecular flexibility index (Phi) is 8.41. The molecule has 2 amide bonds. The molecule has 0 radical (unpaired) electrons. The molecule has 0 spiro atoms. The van der Waals surface area contributed by atoms with Crippen molar-refractivity contribution in [1.29, 1.82) is 0 Å². The molecule has 0 unspecified atom stereocenters. The van der Waals surface area contributed by atoms with Crippen molar-refractivity contribution < 1.29 is 23.9 Å². The fraction of sp³-hybridized carbons (Fsp3) is 0.261. The van der Waals surface area contributed by atoms with Crippen LogP contribution in [-0.2, 0) is 9.53 Å². The molecular weight excluding hydrogens is 448 g/mol. The largest absolute Gasteiger partial charge is 0.497 e. The van der Waals surface area contributed by atoms with E-state index in [-0.39, 0.29) is 24.8 Å². The van der Waals surface area contributed by atoms with Crippen LogP contribution in [0.4, 0.5) is 5.00 Å². The van der Waals surface area contributed by atoms with Gasteiger partial charge in [-0.1, -0.05) is 12.1 Å². The predicted octanol–water partition coefficient (Wildman–Crippen LogP) is 4.81. The molecule has 0 aliphatic heterocycles. The Labute approximate surface area is 194 Å². The fourth-order valence-electron chi connectivity index (χ4n) is 2.97. The van der Waals surface area contributed by atoms with Gasteiger partial charge in [-0.2, -0.15) is 11.3 Å². The van der Waals surface area contributed by atoms with Crippen LogP contribution in [0.1, 0.15) is 40.5 Å². The summed E-state index contributed by atoms with van der Waals surface area (Å²) in [6, 6.07) is 9.08. The topological polar surface area (TPSA) is 93.7 Å². The summed E-state index contributed by atoms with van der Waals surface area (Å²) in [4.78, 5) is 37.0. The summed E-state index contributed by atoms with van der Waals surface area (Å²) in [7, 11) is 1.59. The van der Waals surface area contributed by atoms with Crippen LogP contribution < -0.4 is 15.4 Å². The normalized spacial score (nSPS) is 10.4. The first-order valence-electron chi connectivity index (χ1n) is 10.1. The van der Waals surface area contributed by atoms with Crippen molar-refractivity contribution in [3.63, 3.8) is 0 Å². The van der Waals surface area contributed by atoms with E-state index in [0.29, 0.717) is 40.4 Å². The third kappa shape index (κ3) is 5.95. The highest BCUT2D eigenvalue weighted by atomic mass is 32.1. The van der Waals surface area contributed by atoms with Gasteiger partial charge in [0.2, 0.25) is 5.91 Å². The maximum Gasteiger partial charge on any atom is 0.341 e. The van der Waals surface area contributed by atoms with Crippen LogP contribution in [0.25, 0.3) is 11.1 Å². The number of carbonyl (C=O) groups is 3. The number of hydrogen-bond acceptors (Lipinski definition) is 7. The van der Waals surface area contributed by atoms with Crippen LogP contribution in [0.15, 0.2) is 46.5 Å². The minimum Gasteiger partial charge on any atom is -0.497 e. The molecule has 0 saturated carbocycles. The van der Waals surface area contributed by atoms with Gasteiger partial charge in [0, 0.05) is 34.9 Å². The lowest BCUT2D eigenvalue weighted by Crippen LogP contribution is -2.25. The van der Waals surface area contributed by atoms with E-state index < -0.39 is 5.97 Å². The smallest absolute Gasteiger partial charge is 0.341 e. The molecule has 2 heterocycles. The van der Waals surface area contributed by atoms with E-state index in [1.807, 2.05) is 35.0 Å². The van der Waals surface area contributed by atoms with E-state index in [2.05, 4.69) is 10.6 Å². The van der Waals surface area contributed by atoms with E-state index in [9.17, 15) is 14.4 Å². The van der Waals surface area contributed by atoms with E-state index >= 15 is 0 Å². The molecule has 32 heavy (non-hydrogen) atoms. The predicted molar refractivity (Wildman–Crippen MR) is 127 cm³/mol. The van der Waals surface area contributed by atoms with Gasteiger partial charge < -0.3 is 20.1 Å². The van der Waals surface area contributed by atoms with Gasteiger partial charge >= 0.3 is 5.97 Å². The number of anilines is 1. The number of rotatable bonds is 10. The lowest BCUT2D eigenvalue weighted by molar-refractivity contribution is -0.116. The summed E-state index contributed by atoms with van der Waals surface area (Å²) >= 11 is 2.73. The van der Waals surface area contributed by atoms with Crippen LogP contribution in [0.2, 0.25) is 0 Å². The van der Waals surface area contributed by atoms with E-state index in [1.165, 1.54) is 22.7 Å². The molecule has 2 N–H and O–H groups in total. The molecule has 9 heteroatoms. The van der Waals surface area contributed by atoms with Crippen molar-refractivity contribution in [1.82, 2.24) is 5.32 Å². The highest BCUT2D eigenvalue weighted by Gasteiger charge is 2.22. The number of amides is 2. The Morgan fingerprint density at radius 1 is 1.06 bits per heavy atom. The quantitative estimate of drug-likeness (QED) is 0.326. The minimum absolute atomic E-state index is 0.154. The SMILES string of the molecule is CCOC(=O)c1c(-c2ccc(OC)cc2)csc1NC(=O)CCCNC(=O)c1ccsc1. The maximum atomic E-state index is 12.6. The zero-order valence-corrected chi connectivity index (χ0v) is 19.4. The molecule has 0 atom stereocenters. The fourth-order valence-corrected chi connectivity index (χ4v) is 4.58. The summed E-state index contributed by atoms with van der Waals surface area (Å²) in [5.41, 5.74) is 2.46. The Morgan fingerprint density at radius 3 is 2.50 bits per heavy atom. The summed E-state index contributed by atoms with van der Waals surface area (Å²) in [5.74, 6) is -0.165. The third-order valence-electron chi connectivity index (χ3n) is 4.57. The average molecular weight is 473 g/mol. The zero-order valence-electron chi connectivity index (χ0n) is 17.8. The van der Waals surface area contributed by atoms with Crippen LogP contribution in [0.5, 0.6) is 5.75 Å². The van der Waals surface area contributed by atoms with Crippen molar-refractivity contribution >= 4 is 45.5 Å². The van der Waals surface area contributed by atoms with Crippen molar-refractivity contribution in [2.45, 2.75) is 19.8 Å². The Bertz CT molecular complexity index is 1060. The summed E-state index contributed by atoms with van der Waals surface area (Å²) in [6.45, 7) is 2.35. The van der Waals surface area contributed by atoms with E-state index in [1.54, 1.807) is 25.5 Å². The second-order valence-corrected chi connectivity index (χ2v) is 8.38. The number of thiophene rings is 2. The molecule has 2 aromatic heterocycles. The van der Waals surface area contributed by atoms with Gasteiger partial charge in [-0.3, -0.25) is 9.59 Å². The number of hydrogen-bond donors (Lipinski definition) is 2. The molecule has 0 aliphatic rings. The van der Waals surface area contributed by atoms with Crippen LogP contribution >= 0.6 is 22.7 Å². The zero-order chi connectivity index (χ0) is 22.9. The summed E-state index contributed by atoms with van der Waals surface area (Å²) in [6.07, 6.45) is 0.690. The van der Waals surface area contributed by atoms with Crippen molar-refractivity contribution in [3.8, 4) is 16.9 Å². The van der Waals surface area contributed by atoms with Crippen LogP contribution in [0.3, 0.4) is 0 Å². The first-order valence-corrected chi connectivity index (χ1v) is 11.9. The minimum atomic E-state index is -0.488. The second-order valence-electron chi connectivity index (χ2n) is 6.72. The summed E-state index contributed by atoms with van der Waals surface area (Å²) in [5, 5.41) is 11.5. The molecule has 1 aromatic carbocycles. The number of esters is 1. The number of ether oxygens (including phenoxy) is 2. The van der Waals surface area contributed by atoms with Crippen LogP contribution in [-0.4, -0.2) is 38.0 Å². The lowest BCUT2D eigenvalue weighted by atomic mass is 10.0. The highest BCUT2D eigenvalue weighted by Crippen LogP contribution is 2.37. The number of carbonyl (C=O) groups excluding carboxylic acids is 3. The van der Waals surface area contributed by atoms with Crippen molar-refractivity contribution in [2.75, 3.05) is 25.6 Å². The molecule has 0 aliphatic carbocycles.